The minimum Gasteiger partial charge on any atom is -0.456 e. The second-order valence-electron chi connectivity index (χ2n) is 26.5. The maximum Gasteiger partial charge on any atom is 0.407 e. The van der Waals surface area contributed by atoms with Gasteiger partial charge in [0.05, 0.1) is 65.1 Å². The van der Waals surface area contributed by atoms with E-state index in [9.17, 15) is 24.0 Å². The lowest BCUT2D eigenvalue weighted by molar-refractivity contribution is -0.399. The molecule has 0 spiro atoms. The van der Waals surface area contributed by atoms with Crippen LogP contribution in [0.1, 0.15) is 74.9 Å². The van der Waals surface area contributed by atoms with Crippen molar-refractivity contribution in [3.8, 4) is 0 Å². The summed E-state index contributed by atoms with van der Waals surface area (Å²) in [7, 11) is 0. The van der Waals surface area contributed by atoms with Crippen molar-refractivity contribution in [2.24, 2.45) is 0 Å². The maximum absolute atomic E-state index is 14.7. The van der Waals surface area contributed by atoms with Crippen molar-refractivity contribution >= 4 is 105 Å². The number of benzene rings is 6. The summed E-state index contributed by atoms with van der Waals surface area (Å²) in [6.07, 6.45) is -30.6. The van der Waals surface area contributed by atoms with Crippen LogP contribution in [-0.2, 0) is 149 Å². The molecule has 2 N–H and O–H groups in total. The van der Waals surface area contributed by atoms with Gasteiger partial charge in [-0.25, -0.2) is 4.79 Å². The Morgan fingerprint density at radius 2 is 0.685 bits per heavy atom. The summed E-state index contributed by atoms with van der Waals surface area (Å²) in [5.41, 5.74) is 4.19. The van der Waals surface area contributed by atoms with Crippen molar-refractivity contribution in [1.82, 2.24) is 5.32 Å². The molecule has 26 nitrogen and oxygen atoms in total. The summed E-state index contributed by atoms with van der Waals surface area (Å²) in [4.78, 5) is 68.0. The molecular weight excluding hydrogens is 1570 g/mol. The predicted molar refractivity (Wildman–Crippen MR) is 403 cm³/mol. The molecule has 0 radical (unpaired) electrons. The van der Waals surface area contributed by atoms with Crippen LogP contribution in [0.2, 0.25) is 0 Å². The zero-order valence-electron chi connectivity index (χ0n) is 61.3. The number of amides is 1. The van der Waals surface area contributed by atoms with Crippen molar-refractivity contribution in [2.75, 3.05) is 19.8 Å². The number of ether oxygens (including phenoxy) is 19. The Labute approximate surface area is 672 Å². The Morgan fingerprint density at radius 3 is 1.05 bits per heavy atom. The highest BCUT2D eigenvalue weighted by Gasteiger charge is 2.60. The molecule has 0 saturated carbocycles. The van der Waals surface area contributed by atoms with Crippen molar-refractivity contribution in [2.45, 2.75) is 212 Å². The van der Waals surface area contributed by atoms with Crippen molar-refractivity contribution in [1.29, 1.82) is 5.41 Å². The third kappa shape index (κ3) is 26.1. The van der Waals surface area contributed by atoms with E-state index in [-0.39, 0.29) is 46.2 Å². The lowest BCUT2D eigenvalue weighted by atomic mass is 9.93. The molecule has 111 heavy (non-hydrogen) atoms. The number of halogens is 6. The highest BCUT2D eigenvalue weighted by molar-refractivity contribution is 6.76. The molecule has 0 bridgehead atoms. The molecule has 20 atom stereocenters. The standard InChI is InChI=1S/C79H88Cl6N2O24/c1-46-61(102-48(3)88)67(104-50(5)90)69(97-41-56-33-21-11-22-34-56)73(100-46)109-65-60(87-77(92)99-45-78(80,81)82)72(111-76(86)79(83,84)85)106-59(44-94-38-53-27-15-8-16-28-53)64(65)108-75-71(110-74-70(98-42-57-35-23-12-24-36-57)68(105-51(6)91)62(47(2)101-74)103-49(4)89)66(96-40-55-31-19-10-20-32-55)63(95-39-54-29-17-9-18-30-54)58(107-75)43-93-37-52-25-13-7-14-26-52/h7-36,46-47,58-75,86H,37-45H2,1-6H3,(H,87,92)/t46-,47-,58+,59+,60+,61+,62+,63-,64+,65+,66-,67+,68+,69-,70-,71+,72-,73-,74-,75-/m0/s1. The normalized spacial score (nSPS) is 28.2. The lowest BCUT2D eigenvalue weighted by Crippen LogP contribution is -2.71. The third-order valence-electron chi connectivity index (χ3n) is 17.8. The molecule has 4 saturated heterocycles. The number of carbonyl (C=O) groups excluding carboxylic acids is 5. The number of hydrogen-bond acceptors (Lipinski definition) is 25. The molecule has 4 aliphatic rings. The van der Waals surface area contributed by atoms with Gasteiger partial charge in [-0.1, -0.05) is 252 Å². The molecule has 4 fully saturated rings. The second kappa shape index (κ2) is 42.0. The van der Waals surface area contributed by atoms with Crippen LogP contribution in [0.3, 0.4) is 0 Å². The van der Waals surface area contributed by atoms with Crippen LogP contribution in [0.5, 0.6) is 0 Å². The Kier molecular flexibility index (Phi) is 32.7. The molecule has 4 aliphatic heterocycles. The van der Waals surface area contributed by atoms with E-state index in [0.29, 0.717) is 22.3 Å². The summed E-state index contributed by atoms with van der Waals surface area (Å²) >= 11 is 37.9. The van der Waals surface area contributed by atoms with E-state index >= 15 is 0 Å². The van der Waals surface area contributed by atoms with E-state index < -0.39 is 179 Å². The van der Waals surface area contributed by atoms with Crippen molar-refractivity contribution in [3.63, 3.8) is 0 Å². The Hall–Kier alpha value is -6.84. The lowest BCUT2D eigenvalue weighted by Gasteiger charge is -2.52. The van der Waals surface area contributed by atoms with Gasteiger partial charge in [-0.15, -0.1) is 0 Å². The first-order valence-corrected chi connectivity index (χ1v) is 37.9. The number of esters is 4. The maximum atomic E-state index is 14.7. The topological polar surface area (TPSA) is 297 Å². The fourth-order valence-electron chi connectivity index (χ4n) is 12.9. The molecule has 600 valence electrons. The van der Waals surface area contributed by atoms with Gasteiger partial charge < -0.3 is 95.3 Å². The van der Waals surface area contributed by atoms with Gasteiger partial charge >= 0.3 is 30.0 Å². The molecule has 4 heterocycles. The molecular formula is C79H88Cl6N2O24. The highest BCUT2D eigenvalue weighted by atomic mass is 35.6. The van der Waals surface area contributed by atoms with E-state index in [4.69, 9.17) is 165 Å². The fourth-order valence-corrected chi connectivity index (χ4v) is 13.2. The van der Waals surface area contributed by atoms with Gasteiger partial charge in [0.15, 0.2) is 43.3 Å². The van der Waals surface area contributed by atoms with Crippen molar-refractivity contribution in [3.05, 3.63) is 215 Å². The van der Waals surface area contributed by atoms with E-state index in [0.717, 1.165) is 25.0 Å². The van der Waals surface area contributed by atoms with Gasteiger partial charge in [0.1, 0.15) is 67.6 Å². The van der Waals surface area contributed by atoms with E-state index in [1.54, 1.807) is 61.5 Å². The second-order valence-corrected chi connectivity index (χ2v) is 31.3. The van der Waals surface area contributed by atoms with Gasteiger partial charge in [0, 0.05) is 27.7 Å². The first kappa shape index (κ1) is 86.6. The van der Waals surface area contributed by atoms with Gasteiger partial charge in [-0.3, -0.25) is 24.6 Å². The minimum atomic E-state index is -2.62. The largest absolute Gasteiger partial charge is 0.456 e. The molecule has 10 rings (SSSR count). The number of alkyl carbamates (subject to hydrolysis) is 1. The minimum absolute atomic E-state index is 0.0503. The molecule has 0 aromatic heterocycles. The zero-order chi connectivity index (χ0) is 79.2. The highest BCUT2D eigenvalue weighted by Crippen LogP contribution is 2.42. The SMILES string of the molecule is CC(=O)O[C@H]1[C@H](OCc2ccccc2)[C@H](O[C@@H]2[C@@H](NC(=O)OCC(Cl)(Cl)Cl)[C@H](OC(=N)C(Cl)(Cl)Cl)O[C@H](COCc3ccccc3)[C@H]2O[C@@H]2O[C@H](COCc3ccccc3)[C@H](OCc3ccccc3)[C@H](OCc3ccccc3)[C@H]2O[C@@H]2O[C@@H](C)[C@@H](OC(C)=O)[C@@H](OC(C)=O)[C@@H]2OCc2ccccc2)O[C@@H](C)[C@H]1OC(C)=O. The molecule has 0 unspecified atom stereocenters. The third-order valence-corrected chi connectivity index (χ3v) is 18.7. The first-order chi connectivity index (χ1) is 53.2. The van der Waals surface area contributed by atoms with E-state index in [1.807, 2.05) is 127 Å². The van der Waals surface area contributed by atoms with Crippen LogP contribution in [0.15, 0.2) is 182 Å². The van der Waals surface area contributed by atoms with Crippen LogP contribution in [-0.4, -0.2) is 186 Å². The number of hydrogen-bond donors (Lipinski definition) is 2. The average Bonchev–Trinajstić information content (AvgIpc) is 0.759. The summed E-state index contributed by atoms with van der Waals surface area (Å²) in [6, 6.07) is 52.9. The van der Waals surface area contributed by atoms with E-state index in [2.05, 4.69) is 5.32 Å². The first-order valence-electron chi connectivity index (χ1n) is 35.7. The smallest absolute Gasteiger partial charge is 0.407 e. The van der Waals surface area contributed by atoms with Gasteiger partial charge in [0.25, 0.3) is 3.79 Å². The average molecular weight is 1660 g/mol. The molecule has 6 aromatic rings. The van der Waals surface area contributed by atoms with Crippen molar-refractivity contribution < 1.29 is 114 Å². The number of rotatable bonds is 33. The fraction of sp³-hybridized carbons (Fsp3) is 0.468. The summed E-state index contributed by atoms with van der Waals surface area (Å²) < 4.78 is 123. The number of nitrogens with one attached hydrogen (secondary N) is 2. The molecule has 32 heteroatoms. The van der Waals surface area contributed by atoms with Crippen LogP contribution in [0.4, 0.5) is 4.79 Å². The summed E-state index contributed by atoms with van der Waals surface area (Å²) in [5.74, 6) is -4.17. The summed E-state index contributed by atoms with van der Waals surface area (Å²) in [6.45, 7) is 5.63. The van der Waals surface area contributed by atoms with Crippen LogP contribution < -0.4 is 5.32 Å². The van der Waals surface area contributed by atoms with Crippen LogP contribution in [0, 0.1) is 5.41 Å². The molecule has 1 amide bonds. The summed E-state index contributed by atoms with van der Waals surface area (Å²) in [5, 5.41) is 11.8. The van der Waals surface area contributed by atoms with Gasteiger partial charge in [-0.05, 0) is 47.2 Å². The van der Waals surface area contributed by atoms with E-state index in [1.165, 1.54) is 20.8 Å². The Morgan fingerprint density at radius 1 is 0.369 bits per heavy atom. The Balaban J connectivity index is 1.21. The number of alkyl halides is 6. The molecule has 0 aliphatic carbocycles. The Bertz CT molecular complexity index is 3890. The predicted octanol–water partition coefficient (Wildman–Crippen LogP) is 12.4. The molecule has 6 aromatic carbocycles. The van der Waals surface area contributed by atoms with Gasteiger partial charge in [-0.2, -0.15) is 0 Å². The van der Waals surface area contributed by atoms with Gasteiger partial charge in [0.2, 0.25) is 16.0 Å². The number of carbonyl (C=O) groups is 5. The zero-order valence-corrected chi connectivity index (χ0v) is 65.8. The monoisotopic (exact) mass is 1660 g/mol. The van der Waals surface area contributed by atoms with Crippen LogP contribution >= 0.6 is 69.6 Å². The van der Waals surface area contributed by atoms with Crippen LogP contribution in [0.25, 0.3) is 0 Å². The quantitative estimate of drug-likeness (QED) is 0.0127.